The highest BCUT2D eigenvalue weighted by atomic mass is 19.2. The number of benzene rings is 1. The molecule has 5 nitrogen and oxygen atoms in total. The van der Waals surface area contributed by atoms with Crippen LogP contribution in [0, 0.1) is 24.4 Å². The molecule has 0 saturated carbocycles. The molecule has 136 valence electrons. The molecule has 0 amide bonds. The van der Waals surface area contributed by atoms with Crippen molar-refractivity contribution < 1.29 is 13.2 Å². The van der Waals surface area contributed by atoms with Crippen LogP contribution in [0.4, 0.5) is 19.0 Å². The molecule has 3 aromatic heterocycles. The van der Waals surface area contributed by atoms with Crippen LogP contribution in [0.25, 0.3) is 16.8 Å². The van der Waals surface area contributed by atoms with Crippen LogP contribution < -0.4 is 5.32 Å². The molecule has 8 heteroatoms. The summed E-state index contributed by atoms with van der Waals surface area (Å²) in [6.45, 7) is 2.27. The standard InChI is InChI=1S/C19H14F3N5/c1-11-6-17(24-9-13-4-2-3-5-23-13)27-19(26-11)14(10-25-27)12-7-15(20)18(22)16(21)8-12/h2-8,10,24H,9H2,1H3. The first-order valence-electron chi connectivity index (χ1n) is 8.17. The quantitative estimate of drug-likeness (QED) is 0.550. The molecule has 3 heterocycles. The third-order valence-electron chi connectivity index (χ3n) is 4.07. The lowest BCUT2D eigenvalue weighted by molar-refractivity contribution is 0.448. The summed E-state index contributed by atoms with van der Waals surface area (Å²) in [5, 5.41) is 7.49. The summed E-state index contributed by atoms with van der Waals surface area (Å²) in [5.41, 5.74) is 2.50. The van der Waals surface area contributed by atoms with E-state index in [1.54, 1.807) is 19.2 Å². The number of hydrogen-bond acceptors (Lipinski definition) is 4. The van der Waals surface area contributed by atoms with Gasteiger partial charge < -0.3 is 5.32 Å². The Morgan fingerprint density at radius 1 is 1.07 bits per heavy atom. The van der Waals surface area contributed by atoms with E-state index in [1.807, 2.05) is 18.2 Å². The van der Waals surface area contributed by atoms with Gasteiger partial charge in [-0.2, -0.15) is 9.61 Å². The Balaban J connectivity index is 1.76. The highest BCUT2D eigenvalue weighted by Gasteiger charge is 2.16. The Morgan fingerprint density at radius 2 is 1.85 bits per heavy atom. The first-order chi connectivity index (χ1) is 13.0. The van der Waals surface area contributed by atoms with Crippen molar-refractivity contribution in [2.75, 3.05) is 5.32 Å². The van der Waals surface area contributed by atoms with E-state index in [9.17, 15) is 13.2 Å². The van der Waals surface area contributed by atoms with Gasteiger partial charge in [0.2, 0.25) is 0 Å². The summed E-state index contributed by atoms with van der Waals surface area (Å²) < 4.78 is 42.0. The lowest BCUT2D eigenvalue weighted by Crippen LogP contribution is -2.07. The fourth-order valence-electron chi connectivity index (χ4n) is 2.81. The van der Waals surface area contributed by atoms with Gasteiger partial charge in [-0.1, -0.05) is 6.07 Å². The van der Waals surface area contributed by atoms with Crippen LogP contribution in [-0.4, -0.2) is 19.6 Å². The minimum atomic E-state index is -1.50. The number of aryl methyl sites for hydroxylation is 1. The molecule has 4 aromatic rings. The first-order valence-corrected chi connectivity index (χ1v) is 8.17. The molecule has 0 atom stereocenters. The van der Waals surface area contributed by atoms with Gasteiger partial charge >= 0.3 is 0 Å². The van der Waals surface area contributed by atoms with Crippen LogP contribution in [0.15, 0.2) is 48.8 Å². The summed E-state index contributed by atoms with van der Waals surface area (Å²) in [6, 6.07) is 9.27. The Hall–Kier alpha value is -3.42. The van der Waals surface area contributed by atoms with Crippen molar-refractivity contribution >= 4 is 11.5 Å². The second-order valence-corrected chi connectivity index (χ2v) is 6.00. The number of fused-ring (bicyclic) bond motifs is 1. The van der Waals surface area contributed by atoms with E-state index >= 15 is 0 Å². The van der Waals surface area contributed by atoms with Gasteiger partial charge in [-0.05, 0) is 36.8 Å². The molecule has 27 heavy (non-hydrogen) atoms. The zero-order valence-corrected chi connectivity index (χ0v) is 14.2. The monoisotopic (exact) mass is 369 g/mol. The molecule has 0 aliphatic heterocycles. The molecule has 0 aliphatic carbocycles. The van der Waals surface area contributed by atoms with E-state index < -0.39 is 17.5 Å². The molecule has 0 spiro atoms. The lowest BCUT2D eigenvalue weighted by atomic mass is 10.1. The van der Waals surface area contributed by atoms with E-state index in [2.05, 4.69) is 20.4 Å². The van der Waals surface area contributed by atoms with Crippen LogP contribution in [0.5, 0.6) is 0 Å². The minimum Gasteiger partial charge on any atom is -0.364 e. The second-order valence-electron chi connectivity index (χ2n) is 6.00. The number of nitrogens with zero attached hydrogens (tertiary/aromatic N) is 4. The molecule has 0 bridgehead atoms. The minimum absolute atomic E-state index is 0.162. The van der Waals surface area contributed by atoms with Gasteiger partial charge in [0.15, 0.2) is 23.1 Å². The smallest absolute Gasteiger partial charge is 0.194 e. The van der Waals surface area contributed by atoms with Crippen LogP contribution in [0.3, 0.4) is 0 Å². The largest absolute Gasteiger partial charge is 0.364 e. The van der Waals surface area contributed by atoms with Gasteiger partial charge in [0.25, 0.3) is 0 Å². The van der Waals surface area contributed by atoms with Gasteiger partial charge in [-0.25, -0.2) is 18.2 Å². The zero-order valence-electron chi connectivity index (χ0n) is 14.2. The molecule has 0 saturated heterocycles. The Bertz CT molecular complexity index is 1100. The number of anilines is 1. The fourth-order valence-corrected chi connectivity index (χ4v) is 2.81. The maximum atomic E-state index is 13.6. The predicted octanol–water partition coefficient (Wildman–Crippen LogP) is 4.13. The molecular formula is C19H14F3N5. The average molecular weight is 369 g/mol. The summed E-state index contributed by atoms with van der Waals surface area (Å²) in [5.74, 6) is -3.37. The highest BCUT2D eigenvalue weighted by Crippen LogP contribution is 2.28. The third kappa shape index (κ3) is 3.21. The van der Waals surface area contributed by atoms with Crippen LogP contribution in [0.1, 0.15) is 11.4 Å². The maximum Gasteiger partial charge on any atom is 0.194 e. The molecule has 4 rings (SSSR count). The molecule has 1 aromatic carbocycles. The molecule has 0 aliphatic rings. The molecular weight excluding hydrogens is 355 g/mol. The SMILES string of the molecule is Cc1cc(NCc2ccccn2)n2ncc(-c3cc(F)c(F)c(F)c3)c2n1. The molecule has 0 radical (unpaired) electrons. The van der Waals surface area contributed by atoms with Crippen molar-refractivity contribution in [1.82, 2.24) is 19.6 Å². The van der Waals surface area contributed by atoms with Crippen molar-refractivity contribution in [3.8, 4) is 11.1 Å². The summed E-state index contributed by atoms with van der Waals surface area (Å²) in [4.78, 5) is 8.67. The van der Waals surface area contributed by atoms with Crippen molar-refractivity contribution in [3.05, 3.63) is 77.6 Å². The van der Waals surface area contributed by atoms with Crippen molar-refractivity contribution in [2.45, 2.75) is 13.5 Å². The first kappa shape index (κ1) is 17.0. The zero-order chi connectivity index (χ0) is 19.0. The van der Waals surface area contributed by atoms with Crippen molar-refractivity contribution in [2.24, 2.45) is 0 Å². The Morgan fingerprint density at radius 3 is 2.56 bits per heavy atom. The topological polar surface area (TPSA) is 55.1 Å². The Labute approximate surface area is 152 Å². The lowest BCUT2D eigenvalue weighted by Gasteiger charge is -2.09. The molecule has 1 N–H and O–H groups in total. The molecule has 0 fully saturated rings. The van der Waals surface area contributed by atoms with Crippen LogP contribution >= 0.6 is 0 Å². The van der Waals surface area contributed by atoms with E-state index in [-0.39, 0.29) is 5.56 Å². The average Bonchev–Trinajstić information content (AvgIpc) is 3.08. The summed E-state index contributed by atoms with van der Waals surface area (Å²) >= 11 is 0. The number of hydrogen-bond donors (Lipinski definition) is 1. The third-order valence-corrected chi connectivity index (χ3v) is 4.07. The van der Waals surface area contributed by atoms with Gasteiger partial charge in [0.1, 0.15) is 5.82 Å². The number of pyridine rings is 1. The van der Waals surface area contributed by atoms with Gasteiger partial charge in [-0.3, -0.25) is 4.98 Å². The van der Waals surface area contributed by atoms with Crippen LogP contribution in [0.2, 0.25) is 0 Å². The summed E-state index contributed by atoms with van der Waals surface area (Å²) in [6.07, 6.45) is 3.15. The predicted molar refractivity (Wildman–Crippen MR) is 94.6 cm³/mol. The number of aromatic nitrogens is 4. The maximum absolute atomic E-state index is 13.6. The number of nitrogens with one attached hydrogen (secondary N) is 1. The second kappa shape index (κ2) is 6.71. The van der Waals surface area contributed by atoms with Gasteiger partial charge in [0, 0.05) is 23.5 Å². The van der Waals surface area contributed by atoms with E-state index in [1.165, 1.54) is 10.7 Å². The Kier molecular flexibility index (Phi) is 4.23. The number of halogens is 3. The normalized spacial score (nSPS) is 11.1. The van der Waals surface area contributed by atoms with E-state index in [0.29, 0.717) is 29.3 Å². The van der Waals surface area contributed by atoms with Gasteiger partial charge in [0.05, 0.1) is 18.4 Å². The summed E-state index contributed by atoms with van der Waals surface area (Å²) in [7, 11) is 0. The van der Waals surface area contributed by atoms with Crippen molar-refractivity contribution in [3.63, 3.8) is 0 Å². The molecule has 0 unspecified atom stereocenters. The highest BCUT2D eigenvalue weighted by molar-refractivity contribution is 5.78. The van der Waals surface area contributed by atoms with Crippen molar-refractivity contribution in [1.29, 1.82) is 0 Å². The van der Waals surface area contributed by atoms with E-state index in [4.69, 9.17) is 0 Å². The fraction of sp³-hybridized carbons (Fsp3) is 0.105. The van der Waals surface area contributed by atoms with Crippen LogP contribution in [-0.2, 0) is 6.54 Å². The van der Waals surface area contributed by atoms with Gasteiger partial charge in [-0.15, -0.1) is 0 Å². The number of rotatable bonds is 4. The van der Waals surface area contributed by atoms with E-state index in [0.717, 1.165) is 17.8 Å².